The zero-order chi connectivity index (χ0) is 12.4. The van der Waals surface area contributed by atoms with Crippen molar-refractivity contribution in [1.82, 2.24) is 0 Å². The highest BCUT2D eigenvalue weighted by molar-refractivity contribution is 9.11. The van der Waals surface area contributed by atoms with Gasteiger partial charge in [-0.25, -0.2) is 0 Å². The summed E-state index contributed by atoms with van der Waals surface area (Å²) >= 11 is 6.89. The lowest BCUT2D eigenvalue weighted by atomic mass is 9.93. The van der Waals surface area contributed by atoms with Crippen molar-refractivity contribution in [2.24, 2.45) is 0 Å². The molecule has 17 heavy (non-hydrogen) atoms. The Kier molecular flexibility index (Phi) is 4.33. The van der Waals surface area contributed by atoms with Gasteiger partial charge in [0, 0.05) is 15.0 Å². The van der Waals surface area contributed by atoms with E-state index in [0.717, 1.165) is 46.0 Å². The van der Waals surface area contributed by atoms with Crippen LogP contribution in [0.2, 0.25) is 0 Å². The number of rotatable bonds is 2. The van der Waals surface area contributed by atoms with E-state index in [0.29, 0.717) is 6.04 Å². The highest BCUT2D eigenvalue weighted by Gasteiger charge is 2.20. The molecule has 5 heteroatoms. The number of benzene rings is 1. The predicted molar refractivity (Wildman–Crippen MR) is 78.1 cm³/mol. The highest BCUT2D eigenvalue weighted by atomic mass is 79.9. The lowest BCUT2D eigenvalue weighted by Gasteiger charge is -2.27. The van der Waals surface area contributed by atoms with Crippen molar-refractivity contribution in [2.45, 2.75) is 37.8 Å². The second kappa shape index (κ2) is 5.59. The van der Waals surface area contributed by atoms with Crippen LogP contribution in [-0.4, -0.2) is 17.3 Å². The third-order valence-corrected chi connectivity index (χ3v) is 4.26. The zero-order valence-electron chi connectivity index (χ0n) is 9.42. The third kappa shape index (κ3) is 3.36. The standard InChI is InChI=1S/C12H16Br2N2O/c13-7-5-10(14)12(15)11(6-7)16-8-1-3-9(17)4-2-8/h5-6,8-9,16-17H,1-4,15H2. The first-order valence-electron chi connectivity index (χ1n) is 5.75. The fourth-order valence-corrected chi connectivity index (χ4v) is 3.37. The number of anilines is 2. The molecule has 0 aromatic heterocycles. The van der Waals surface area contributed by atoms with Crippen LogP contribution in [0, 0.1) is 0 Å². The summed E-state index contributed by atoms with van der Waals surface area (Å²) in [5.74, 6) is 0. The van der Waals surface area contributed by atoms with Crippen molar-refractivity contribution in [3.05, 3.63) is 21.1 Å². The molecule has 0 amide bonds. The minimum Gasteiger partial charge on any atom is -0.396 e. The molecule has 0 bridgehead atoms. The molecular formula is C12H16Br2N2O. The number of nitrogens with one attached hydrogen (secondary N) is 1. The summed E-state index contributed by atoms with van der Waals surface area (Å²) in [7, 11) is 0. The Morgan fingerprint density at radius 3 is 2.47 bits per heavy atom. The van der Waals surface area contributed by atoms with Gasteiger partial charge in [0.25, 0.3) is 0 Å². The minimum absolute atomic E-state index is 0.125. The topological polar surface area (TPSA) is 58.3 Å². The Morgan fingerprint density at radius 2 is 1.82 bits per heavy atom. The first-order valence-corrected chi connectivity index (χ1v) is 7.34. The summed E-state index contributed by atoms with van der Waals surface area (Å²) in [5.41, 5.74) is 7.70. The molecular weight excluding hydrogens is 348 g/mol. The van der Waals surface area contributed by atoms with E-state index in [1.165, 1.54) is 0 Å². The van der Waals surface area contributed by atoms with Gasteiger partial charge >= 0.3 is 0 Å². The second-order valence-electron chi connectivity index (χ2n) is 4.50. The molecule has 3 nitrogen and oxygen atoms in total. The average molecular weight is 364 g/mol. The molecule has 1 fully saturated rings. The van der Waals surface area contributed by atoms with E-state index in [1.807, 2.05) is 12.1 Å². The van der Waals surface area contributed by atoms with Crippen molar-refractivity contribution in [2.75, 3.05) is 11.1 Å². The predicted octanol–water partition coefficient (Wildman–Crippen LogP) is 3.51. The van der Waals surface area contributed by atoms with Crippen LogP contribution in [0.15, 0.2) is 21.1 Å². The third-order valence-electron chi connectivity index (χ3n) is 3.15. The van der Waals surface area contributed by atoms with Crippen LogP contribution >= 0.6 is 31.9 Å². The van der Waals surface area contributed by atoms with Gasteiger partial charge in [0.2, 0.25) is 0 Å². The van der Waals surface area contributed by atoms with E-state index in [1.54, 1.807) is 0 Å². The Labute approximate surface area is 118 Å². The molecule has 4 N–H and O–H groups in total. The molecule has 1 aliphatic carbocycles. The van der Waals surface area contributed by atoms with Gasteiger partial charge in [-0.15, -0.1) is 0 Å². The number of nitrogens with two attached hydrogens (primary N) is 1. The first-order chi connectivity index (χ1) is 8.06. The van der Waals surface area contributed by atoms with E-state index in [-0.39, 0.29) is 6.10 Å². The molecule has 94 valence electrons. The summed E-state index contributed by atoms with van der Waals surface area (Å²) in [5, 5.41) is 12.9. The fourth-order valence-electron chi connectivity index (χ4n) is 2.14. The fraction of sp³-hybridized carbons (Fsp3) is 0.500. The van der Waals surface area contributed by atoms with Crippen LogP contribution < -0.4 is 11.1 Å². The Bertz CT molecular complexity index is 404. The maximum absolute atomic E-state index is 9.47. The van der Waals surface area contributed by atoms with Crippen LogP contribution in [0.3, 0.4) is 0 Å². The largest absolute Gasteiger partial charge is 0.396 e. The van der Waals surface area contributed by atoms with Gasteiger partial charge in [-0.1, -0.05) is 15.9 Å². The van der Waals surface area contributed by atoms with Gasteiger partial charge in [0.15, 0.2) is 0 Å². The number of nitrogen functional groups attached to an aromatic ring is 1. The summed E-state index contributed by atoms with van der Waals surface area (Å²) in [4.78, 5) is 0. The molecule has 1 aromatic carbocycles. The smallest absolute Gasteiger partial charge is 0.0695 e. The minimum atomic E-state index is -0.125. The van der Waals surface area contributed by atoms with Crippen LogP contribution in [0.4, 0.5) is 11.4 Å². The first kappa shape index (κ1) is 13.2. The monoisotopic (exact) mass is 362 g/mol. The number of hydrogen-bond acceptors (Lipinski definition) is 3. The molecule has 1 saturated carbocycles. The van der Waals surface area contributed by atoms with Crippen LogP contribution in [0.25, 0.3) is 0 Å². The maximum atomic E-state index is 9.47. The molecule has 0 saturated heterocycles. The normalized spacial score (nSPS) is 24.6. The summed E-state index contributed by atoms with van der Waals surface area (Å²) in [6, 6.07) is 4.33. The Hall–Kier alpha value is -0.260. The van der Waals surface area contributed by atoms with Crippen molar-refractivity contribution in [1.29, 1.82) is 0 Å². The second-order valence-corrected chi connectivity index (χ2v) is 6.27. The molecule has 0 unspecified atom stereocenters. The molecule has 0 atom stereocenters. The maximum Gasteiger partial charge on any atom is 0.0695 e. The van der Waals surface area contributed by atoms with Crippen molar-refractivity contribution >= 4 is 43.2 Å². The Morgan fingerprint density at radius 1 is 1.18 bits per heavy atom. The molecule has 1 aromatic rings. The van der Waals surface area contributed by atoms with Crippen LogP contribution in [-0.2, 0) is 0 Å². The van der Waals surface area contributed by atoms with Gasteiger partial charge in [0.05, 0.1) is 17.5 Å². The van der Waals surface area contributed by atoms with E-state index in [2.05, 4.69) is 37.2 Å². The molecule has 0 spiro atoms. The number of halogens is 2. The lowest BCUT2D eigenvalue weighted by Crippen LogP contribution is -2.28. The number of aliphatic hydroxyl groups is 1. The van der Waals surface area contributed by atoms with E-state index in [9.17, 15) is 5.11 Å². The molecule has 2 rings (SSSR count). The van der Waals surface area contributed by atoms with E-state index >= 15 is 0 Å². The summed E-state index contributed by atoms with van der Waals surface area (Å²) < 4.78 is 1.89. The average Bonchev–Trinajstić information content (AvgIpc) is 2.28. The number of aliphatic hydroxyl groups excluding tert-OH is 1. The van der Waals surface area contributed by atoms with Crippen molar-refractivity contribution in [3.8, 4) is 0 Å². The van der Waals surface area contributed by atoms with Crippen molar-refractivity contribution < 1.29 is 5.11 Å². The number of hydrogen-bond donors (Lipinski definition) is 3. The van der Waals surface area contributed by atoms with Gasteiger partial charge < -0.3 is 16.2 Å². The SMILES string of the molecule is Nc1c(Br)cc(Br)cc1NC1CCC(O)CC1. The summed E-state index contributed by atoms with van der Waals surface area (Å²) in [6.07, 6.45) is 3.59. The van der Waals surface area contributed by atoms with Crippen LogP contribution in [0.5, 0.6) is 0 Å². The van der Waals surface area contributed by atoms with Gasteiger partial charge in [-0.3, -0.25) is 0 Å². The van der Waals surface area contributed by atoms with Gasteiger partial charge in [0.1, 0.15) is 0 Å². The summed E-state index contributed by atoms with van der Waals surface area (Å²) in [6.45, 7) is 0. The van der Waals surface area contributed by atoms with E-state index < -0.39 is 0 Å². The highest BCUT2D eigenvalue weighted by Crippen LogP contribution is 2.33. The molecule has 0 heterocycles. The van der Waals surface area contributed by atoms with Gasteiger partial charge in [-0.05, 0) is 53.7 Å². The Balaban J connectivity index is 2.08. The molecule has 0 radical (unpaired) electrons. The van der Waals surface area contributed by atoms with Crippen molar-refractivity contribution in [3.63, 3.8) is 0 Å². The molecule has 0 aliphatic heterocycles. The zero-order valence-corrected chi connectivity index (χ0v) is 12.6. The van der Waals surface area contributed by atoms with Crippen LogP contribution in [0.1, 0.15) is 25.7 Å². The lowest BCUT2D eigenvalue weighted by molar-refractivity contribution is 0.126. The van der Waals surface area contributed by atoms with Gasteiger partial charge in [-0.2, -0.15) is 0 Å². The quantitative estimate of drug-likeness (QED) is 0.704. The van der Waals surface area contributed by atoms with E-state index in [4.69, 9.17) is 5.73 Å². The molecule has 1 aliphatic rings.